The van der Waals surface area contributed by atoms with Crippen molar-refractivity contribution in [3.8, 4) is 0 Å². The smallest absolute Gasteiger partial charge is 0.323 e. The Bertz CT molecular complexity index is 1480. The van der Waals surface area contributed by atoms with Gasteiger partial charge in [0.05, 0.1) is 17.9 Å². The molecule has 0 aliphatic carbocycles. The number of nitroso groups, excluding NO2 is 1. The lowest BCUT2D eigenvalue weighted by Crippen LogP contribution is -2.64. The molecule has 0 radical (unpaired) electrons. The molecule has 4 rings (SSSR count). The molecular weight excluding hydrogens is 576 g/mol. The fourth-order valence-corrected chi connectivity index (χ4v) is 6.02. The van der Waals surface area contributed by atoms with E-state index in [4.69, 9.17) is 0 Å². The Balaban J connectivity index is 1.81. The number of rotatable bonds is 14. The van der Waals surface area contributed by atoms with Crippen molar-refractivity contribution in [3.05, 3.63) is 101 Å². The maximum absolute atomic E-state index is 14.5. The van der Waals surface area contributed by atoms with Crippen LogP contribution in [-0.4, -0.2) is 69.5 Å². The number of pyridine rings is 1. The second-order valence-corrected chi connectivity index (χ2v) is 11.2. The summed E-state index contributed by atoms with van der Waals surface area (Å²) in [5.41, 5.74) is 1.91. The SMILES string of the molecule is CC(=O)C(C(=O)O)(c1ccccc1)C(Cc1ccccc1)N(C(=O)[C@H](C)NC(=O)C1CCCN1NC(C)N=O)c1cccnc1. The minimum Gasteiger partial charge on any atom is -0.480 e. The molecule has 236 valence electrons. The second-order valence-electron chi connectivity index (χ2n) is 11.2. The molecule has 4 unspecified atom stereocenters. The van der Waals surface area contributed by atoms with Crippen molar-refractivity contribution in [2.45, 2.75) is 69.7 Å². The van der Waals surface area contributed by atoms with Crippen molar-refractivity contribution in [3.63, 3.8) is 0 Å². The van der Waals surface area contributed by atoms with Crippen LogP contribution in [0.5, 0.6) is 0 Å². The lowest BCUT2D eigenvalue weighted by molar-refractivity contribution is -0.149. The summed E-state index contributed by atoms with van der Waals surface area (Å²) < 4.78 is 0. The number of aromatic nitrogens is 1. The van der Waals surface area contributed by atoms with Gasteiger partial charge in [-0.3, -0.25) is 24.2 Å². The van der Waals surface area contributed by atoms with Gasteiger partial charge in [-0.05, 0) is 68.5 Å². The number of Topliss-reactive ketones (excluding diaryl/α,β-unsaturated/α-hetero) is 1. The van der Waals surface area contributed by atoms with Crippen LogP contribution in [0.15, 0.2) is 90.4 Å². The molecule has 1 aliphatic rings. The molecule has 3 N–H and O–H groups in total. The third-order valence-corrected chi connectivity index (χ3v) is 8.16. The largest absolute Gasteiger partial charge is 0.480 e. The number of carbonyl (C=O) groups excluding carboxylic acids is 3. The van der Waals surface area contributed by atoms with E-state index in [9.17, 15) is 29.2 Å². The zero-order valence-corrected chi connectivity index (χ0v) is 25.5. The van der Waals surface area contributed by atoms with Gasteiger partial charge in [-0.25, -0.2) is 10.4 Å². The highest BCUT2D eigenvalue weighted by Gasteiger charge is 2.55. The first-order chi connectivity index (χ1) is 21.6. The Morgan fingerprint density at radius 2 is 1.71 bits per heavy atom. The monoisotopic (exact) mass is 614 g/mol. The molecule has 12 heteroatoms. The van der Waals surface area contributed by atoms with Crippen LogP contribution in [0.3, 0.4) is 0 Å². The fraction of sp³-hybridized carbons (Fsp3) is 0.364. The molecule has 12 nitrogen and oxygen atoms in total. The minimum atomic E-state index is -2.18. The lowest BCUT2D eigenvalue weighted by atomic mass is 9.68. The number of nitrogens with one attached hydrogen (secondary N) is 2. The Morgan fingerprint density at radius 3 is 2.29 bits per heavy atom. The zero-order chi connectivity index (χ0) is 32.6. The van der Waals surface area contributed by atoms with Crippen LogP contribution in [-0.2, 0) is 31.0 Å². The quantitative estimate of drug-likeness (QED) is 0.183. The summed E-state index contributed by atoms with van der Waals surface area (Å²) in [6.07, 6.45) is 3.39. The molecule has 1 saturated heterocycles. The number of nitrogens with zero attached hydrogens (tertiary/aromatic N) is 4. The highest BCUT2D eigenvalue weighted by atomic mass is 16.4. The van der Waals surface area contributed by atoms with Crippen molar-refractivity contribution in [2.75, 3.05) is 11.4 Å². The highest BCUT2D eigenvalue weighted by molar-refractivity contribution is 6.11. The molecule has 1 aliphatic heterocycles. The van der Waals surface area contributed by atoms with Gasteiger partial charge in [0.2, 0.25) is 11.8 Å². The number of aliphatic carboxylic acids is 1. The molecule has 1 fully saturated rings. The Hall–Kier alpha value is -4.81. The Labute approximate surface area is 261 Å². The number of hydrogen-bond donors (Lipinski definition) is 3. The molecule has 5 atom stereocenters. The van der Waals surface area contributed by atoms with E-state index in [1.807, 2.05) is 6.07 Å². The Morgan fingerprint density at radius 1 is 1.04 bits per heavy atom. The molecular formula is C33H38N6O6. The average molecular weight is 615 g/mol. The minimum absolute atomic E-state index is 0.000177. The van der Waals surface area contributed by atoms with E-state index in [1.54, 1.807) is 78.7 Å². The van der Waals surface area contributed by atoms with Crippen molar-refractivity contribution in [1.29, 1.82) is 0 Å². The van der Waals surface area contributed by atoms with Gasteiger partial charge in [0.25, 0.3) is 0 Å². The van der Waals surface area contributed by atoms with Gasteiger partial charge in [-0.15, -0.1) is 4.91 Å². The van der Waals surface area contributed by atoms with Crippen LogP contribution in [0, 0.1) is 4.91 Å². The Kier molecular flexibility index (Phi) is 10.9. The number of hydrogen-bond acceptors (Lipinski definition) is 9. The molecule has 1 aromatic heterocycles. The van der Waals surface area contributed by atoms with Gasteiger partial charge in [0, 0.05) is 12.7 Å². The number of hydrazine groups is 1. The molecule has 3 aromatic rings. The van der Waals surface area contributed by atoms with Crippen LogP contribution in [0.4, 0.5) is 5.69 Å². The standard InChI is InChI=1S/C33H38N6O6/c1-22(35-30(41)28-17-11-19-38(28)36-24(3)37-45)31(42)39(27-16-10-18-34-21-27)29(20-25-12-6-4-7-13-25)33(23(2)40,32(43)44)26-14-8-5-9-15-26/h4-10,12-16,18,21-22,24,28-29,36H,11,17,19-20H2,1-3H3,(H,35,41)(H,43,44)/t22-,24?,28?,29?,33?/m0/s1. The summed E-state index contributed by atoms with van der Waals surface area (Å²) in [4.78, 5) is 71.6. The van der Waals surface area contributed by atoms with Gasteiger partial charge >= 0.3 is 5.97 Å². The first-order valence-corrected chi connectivity index (χ1v) is 14.8. The molecule has 0 bridgehead atoms. The maximum Gasteiger partial charge on any atom is 0.323 e. The van der Waals surface area contributed by atoms with Crippen molar-refractivity contribution >= 4 is 29.3 Å². The number of benzene rings is 2. The summed E-state index contributed by atoms with van der Waals surface area (Å²) in [6.45, 7) is 4.82. The topological polar surface area (TPSA) is 161 Å². The number of carbonyl (C=O) groups is 4. The van der Waals surface area contributed by atoms with Gasteiger partial charge in [-0.2, -0.15) is 0 Å². The number of ketones is 1. The van der Waals surface area contributed by atoms with Crippen LogP contribution in [0.1, 0.15) is 44.7 Å². The number of carboxylic acids is 1. The summed E-state index contributed by atoms with van der Waals surface area (Å²) >= 11 is 0. The van der Waals surface area contributed by atoms with Crippen LogP contribution in [0.2, 0.25) is 0 Å². The molecule has 2 amide bonds. The average Bonchev–Trinajstić information content (AvgIpc) is 3.50. The van der Waals surface area contributed by atoms with Crippen LogP contribution >= 0.6 is 0 Å². The van der Waals surface area contributed by atoms with Gasteiger partial charge < -0.3 is 15.3 Å². The third-order valence-electron chi connectivity index (χ3n) is 8.16. The number of carboxylic acid groups (broad SMARTS) is 1. The highest BCUT2D eigenvalue weighted by Crippen LogP contribution is 2.38. The van der Waals surface area contributed by atoms with Crippen molar-refractivity contribution < 1.29 is 24.3 Å². The van der Waals surface area contributed by atoms with Crippen LogP contribution < -0.4 is 15.6 Å². The van der Waals surface area contributed by atoms with Gasteiger partial charge in [0.15, 0.2) is 17.4 Å². The molecule has 2 aromatic carbocycles. The summed E-state index contributed by atoms with van der Waals surface area (Å²) in [7, 11) is 0. The maximum atomic E-state index is 14.5. The fourth-order valence-electron chi connectivity index (χ4n) is 6.02. The first kappa shape index (κ1) is 33.1. The van der Waals surface area contributed by atoms with E-state index in [0.29, 0.717) is 24.9 Å². The molecule has 2 heterocycles. The third kappa shape index (κ3) is 7.13. The predicted octanol–water partition coefficient (Wildman–Crippen LogP) is 3.22. The normalized spacial score (nSPS) is 18.2. The van der Waals surface area contributed by atoms with Crippen molar-refractivity contribution in [1.82, 2.24) is 20.7 Å². The summed E-state index contributed by atoms with van der Waals surface area (Å²) in [5, 5.41) is 18.3. The molecule has 0 spiro atoms. The van der Waals surface area contributed by atoms with E-state index in [0.717, 1.165) is 0 Å². The number of amides is 2. The van der Waals surface area contributed by atoms with E-state index < -0.39 is 53.3 Å². The van der Waals surface area contributed by atoms with Crippen molar-refractivity contribution in [2.24, 2.45) is 5.18 Å². The van der Waals surface area contributed by atoms with E-state index in [2.05, 4.69) is 20.9 Å². The molecule has 0 saturated carbocycles. The predicted molar refractivity (Wildman–Crippen MR) is 168 cm³/mol. The van der Waals surface area contributed by atoms with E-state index >= 15 is 0 Å². The lowest BCUT2D eigenvalue weighted by Gasteiger charge is -2.43. The van der Waals surface area contributed by atoms with Crippen LogP contribution in [0.25, 0.3) is 0 Å². The summed E-state index contributed by atoms with van der Waals surface area (Å²) in [6, 6.07) is 17.4. The second kappa shape index (κ2) is 14.8. The van der Waals surface area contributed by atoms with Gasteiger partial charge in [-0.1, -0.05) is 60.7 Å². The number of anilines is 1. The molecule has 45 heavy (non-hydrogen) atoms. The van der Waals surface area contributed by atoms with Gasteiger partial charge in [0.1, 0.15) is 12.1 Å². The summed E-state index contributed by atoms with van der Waals surface area (Å²) in [5.74, 6) is -3.14. The zero-order valence-electron chi connectivity index (χ0n) is 25.5. The van der Waals surface area contributed by atoms with E-state index in [-0.39, 0.29) is 17.7 Å². The first-order valence-electron chi connectivity index (χ1n) is 14.8. The van der Waals surface area contributed by atoms with E-state index in [1.165, 1.54) is 31.1 Å².